The number of amides is 1. The van der Waals surface area contributed by atoms with Gasteiger partial charge in [0.05, 0.1) is 19.8 Å². The molecule has 1 aliphatic carbocycles. The number of likely N-dealkylation sites (tertiary alicyclic amines) is 1. The molecule has 2 saturated heterocycles. The lowest BCUT2D eigenvalue weighted by Crippen LogP contribution is -2.47. The number of halogens is 1. The summed E-state index contributed by atoms with van der Waals surface area (Å²) in [5, 5.41) is 6.86. The number of hydrogen-bond donors (Lipinski definition) is 2. The Morgan fingerprint density at radius 3 is 2.58 bits per heavy atom. The second-order valence-corrected chi connectivity index (χ2v) is 8.25. The number of ether oxygens (including phenoxy) is 1. The fourth-order valence-corrected chi connectivity index (χ4v) is 4.01. The Hall–Kier alpha value is -0.570. The number of guanidine groups is 1. The fourth-order valence-electron chi connectivity index (χ4n) is 4.01. The van der Waals surface area contributed by atoms with Crippen molar-refractivity contribution in [3.63, 3.8) is 0 Å². The summed E-state index contributed by atoms with van der Waals surface area (Å²) in [4.78, 5) is 19.5. The van der Waals surface area contributed by atoms with Gasteiger partial charge < -0.3 is 20.3 Å². The highest BCUT2D eigenvalue weighted by atomic mass is 127. The van der Waals surface area contributed by atoms with Crippen molar-refractivity contribution in [1.29, 1.82) is 0 Å². The lowest BCUT2D eigenvalue weighted by atomic mass is 9.88. The molecule has 6 nitrogen and oxygen atoms in total. The average Bonchev–Trinajstić information content (AvgIpc) is 3.07. The van der Waals surface area contributed by atoms with Crippen molar-refractivity contribution in [1.82, 2.24) is 15.5 Å². The van der Waals surface area contributed by atoms with Crippen molar-refractivity contribution in [2.45, 2.75) is 58.4 Å². The van der Waals surface area contributed by atoms with Gasteiger partial charge in [-0.05, 0) is 26.2 Å². The largest absolute Gasteiger partial charge is 0.380 e. The van der Waals surface area contributed by atoms with E-state index in [1.807, 2.05) is 0 Å². The zero-order valence-electron chi connectivity index (χ0n) is 16.3. The molecular formula is C19H35IN4O2. The molecule has 1 unspecified atom stereocenters. The second kappa shape index (κ2) is 10.1. The van der Waals surface area contributed by atoms with Gasteiger partial charge in [0.1, 0.15) is 0 Å². The molecule has 26 heavy (non-hydrogen) atoms. The van der Waals surface area contributed by atoms with Crippen molar-refractivity contribution >= 4 is 35.8 Å². The van der Waals surface area contributed by atoms with Gasteiger partial charge in [-0.1, -0.05) is 26.2 Å². The van der Waals surface area contributed by atoms with Crippen LogP contribution in [0.15, 0.2) is 4.99 Å². The van der Waals surface area contributed by atoms with E-state index < -0.39 is 0 Å². The van der Waals surface area contributed by atoms with Gasteiger partial charge in [0, 0.05) is 37.0 Å². The van der Waals surface area contributed by atoms with Crippen molar-refractivity contribution in [2.24, 2.45) is 16.3 Å². The number of aliphatic imine (C=N–C) groups is 1. The Labute approximate surface area is 174 Å². The predicted octanol–water partition coefficient (Wildman–Crippen LogP) is 2.38. The molecular weight excluding hydrogens is 443 g/mol. The SMILES string of the molecule is CCNC(=NCC1(C)COC1)NC1CCN(C(=O)C2CCCCC2)C1.I. The quantitative estimate of drug-likeness (QED) is 0.362. The Kier molecular flexibility index (Phi) is 8.44. The predicted molar refractivity (Wildman–Crippen MR) is 115 cm³/mol. The number of carbonyl (C=O) groups is 1. The highest BCUT2D eigenvalue weighted by Crippen LogP contribution is 2.27. The summed E-state index contributed by atoms with van der Waals surface area (Å²) in [5.41, 5.74) is 0.182. The van der Waals surface area contributed by atoms with E-state index in [0.717, 1.165) is 64.6 Å². The summed E-state index contributed by atoms with van der Waals surface area (Å²) < 4.78 is 5.31. The van der Waals surface area contributed by atoms with Crippen LogP contribution in [0.1, 0.15) is 52.4 Å². The minimum absolute atomic E-state index is 0. The maximum atomic E-state index is 12.7. The van der Waals surface area contributed by atoms with Gasteiger partial charge in [0.15, 0.2) is 5.96 Å². The van der Waals surface area contributed by atoms with E-state index >= 15 is 0 Å². The lowest BCUT2D eigenvalue weighted by molar-refractivity contribution is -0.135. The van der Waals surface area contributed by atoms with Crippen LogP contribution in [0.3, 0.4) is 0 Å². The molecule has 3 fully saturated rings. The first-order valence-corrected chi connectivity index (χ1v) is 10.0. The smallest absolute Gasteiger partial charge is 0.225 e. The highest BCUT2D eigenvalue weighted by molar-refractivity contribution is 14.0. The maximum absolute atomic E-state index is 12.7. The van der Waals surface area contributed by atoms with E-state index in [2.05, 4.69) is 29.4 Å². The van der Waals surface area contributed by atoms with Crippen LogP contribution in [0, 0.1) is 11.3 Å². The van der Waals surface area contributed by atoms with E-state index in [0.29, 0.717) is 11.9 Å². The first-order chi connectivity index (χ1) is 12.1. The monoisotopic (exact) mass is 478 g/mol. The molecule has 0 aromatic carbocycles. The van der Waals surface area contributed by atoms with Crippen LogP contribution in [-0.4, -0.2) is 62.2 Å². The van der Waals surface area contributed by atoms with Gasteiger partial charge in [-0.25, -0.2) is 0 Å². The minimum atomic E-state index is 0. The molecule has 7 heteroatoms. The van der Waals surface area contributed by atoms with Crippen LogP contribution < -0.4 is 10.6 Å². The van der Waals surface area contributed by atoms with Gasteiger partial charge in [0.2, 0.25) is 5.91 Å². The van der Waals surface area contributed by atoms with E-state index in [9.17, 15) is 4.79 Å². The molecule has 0 aromatic heterocycles. The summed E-state index contributed by atoms with van der Waals surface area (Å²) in [7, 11) is 0. The van der Waals surface area contributed by atoms with Crippen molar-refractivity contribution in [2.75, 3.05) is 39.4 Å². The van der Waals surface area contributed by atoms with Crippen molar-refractivity contribution < 1.29 is 9.53 Å². The summed E-state index contributed by atoms with van der Waals surface area (Å²) in [6, 6.07) is 0.302. The molecule has 3 aliphatic rings. The van der Waals surface area contributed by atoms with Gasteiger partial charge in [-0.2, -0.15) is 0 Å². The molecule has 0 bridgehead atoms. The minimum Gasteiger partial charge on any atom is -0.380 e. The summed E-state index contributed by atoms with van der Waals surface area (Å²) in [6.45, 7) is 9.18. The van der Waals surface area contributed by atoms with E-state index in [-0.39, 0.29) is 35.3 Å². The summed E-state index contributed by atoms with van der Waals surface area (Å²) in [5.74, 6) is 1.52. The van der Waals surface area contributed by atoms with Crippen molar-refractivity contribution in [3.8, 4) is 0 Å². The van der Waals surface area contributed by atoms with Gasteiger partial charge in [0.25, 0.3) is 0 Å². The second-order valence-electron chi connectivity index (χ2n) is 8.25. The third-order valence-corrected chi connectivity index (χ3v) is 5.66. The first-order valence-electron chi connectivity index (χ1n) is 10.0. The molecule has 2 aliphatic heterocycles. The Balaban J connectivity index is 0.00000243. The zero-order chi connectivity index (χ0) is 17.7. The Morgan fingerprint density at radius 1 is 1.23 bits per heavy atom. The number of nitrogens with zero attached hydrogens (tertiary/aromatic N) is 2. The fraction of sp³-hybridized carbons (Fsp3) is 0.895. The van der Waals surface area contributed by atoms with Crippen LogP contribution in [0.2, 0.25) is 0 Å². The van der Waals surface area contributed by atoms with Gasteiger partial charge in [-0.15, -0.1) is 24.0 Å². The molecule has 0 aromatic rings. The van der Waals surface area contributed by atoms with Crippen molar-refractivity contribution in [3.05, 3.63) is 0 Å². The van der Waals surface area contributed by atoms with Crippen LogP contribution >= 0.6 is 24.0 Å². The van der Waals surface area contributed by atoms with Gasteiger partial charge in [-0.3, -0.25) is 9.79 Å². The molecule has 3 rings (SSSR count). The Morgan fingerprint density at radius 2 is 1.96 bits per heavy atom. The molecule has 1 saturated carbocycles. The number of hydrogen-bond acceptors (Lipinski definition) is 3. The standard InChI is InChI=1S/C19H34N4O2.HI/c1-3-20-18(21-12-19(2)13-25-14-19)22-16-9-10-23(11-16)17(24)15-7-5-4-6-8-15;/h15-16H,3-14H2,1-2H3,(H2,20,21,22);1H. The zero-order valence-corrected chi connectivity index (χ0v) is 18.6. The van der Waals surface area contributed by atoms with Crippen LogP contribution in [0.25, 0.3) is 0 Å². The number of carbonyl (C=O) groups excluding carboxylic acids is 1. The highest BCUT2D eigenvalue weighted by Gasteiger charge is 2.34. The molecule has 0 radical (unpaired) electrons. The third-order valence-electron chi connectivity index (χ3n) is 5.66. The molecule has 1 atom stereocenters. The first kappa shape index (κ1) is 21.7. The van der Waals surface area contributed by atoms with Gasteiger partial charge >= 0.3 is 0 Å². The molecule has 1 amide bonds. The third kappa shape index (κ3) is 5.71. The average molecular weight is 478 g/mol. The summed E-state index contributed by atoms with van der Waals surface area (Å²) in [6.07, 6.45) is 6.89. The molecule has 150 valence electrons. The number of rotatable bonds is 5. The molecule has 2 N–H and O–H groups in total. The van der Waals surface area contributed by atoms with E-state index in [4.69, 9.17) is 9.73 Å². The van der Waals surface area contributed by atoms with E-state index in [1.54, 1.807) is 0 Å². The van der Waals surface area contributed by atoms with Crippen LogP contribution in [0.4, 0.5) is 0 Å². The van der Waals surface area contributed by atoms with Crippen LogP contribution in [-0.2, 0) is 9.53 Å². The number of nitrogens with one attached hydrogen (secondary N) is 2. The Bertz CT molecular complexity index is 490. The summed E-state index contributed by atoms with van der Waals surface area (Å²) >= 11 is 0. The van der Waals surface area contributed by atoms with Crippen LogP contribution in [0.5, 0.6) is 0 Å². The molecule has 2 heterocycles. The maximum Gasteiger partial charge on any atom is 0.225 e. The molecule has 0 spiro atoms. The topological polar surface area (TPSA) is 66.0 Å². The van der Waals surface area contributed by atoms with E-state index in [1.165, 1.54) is 19.3 Å². The normalized spacial score (nSPS) is 26.0. The lowest BCUT2D eigenvalue weighted by Gasteiger charge is -2.36.